The molecule has 0 spiro atoms. The monoisotopic (exact) mass is 345 g/mol. The first kappa shape index (κ1) is 19.0. The van der Waals surface area contributed by atoms with E-state index >= 15 is 0 Å². The normalized spacial score (nSPS) is 14.3. The Hall–Kier alpha value is -2.34. The van der Waals surface area contributed by atoms with E-state index in [1.807, 2.05) is 36.4 Å². The van der Waals surface area contributed by atoms with E-state index in [4.69, 9.17) is 0 Å². The van der Waals surface area contributed by atoms with Crippen molar-refractivity contribution < 1.29 is 14.5 Å². The predicted molar refractivity (Wildman–Crippen MR) is 98.4 cm³/mol. The number of benzene rings is 1. The molecule has 0 saturated carbocycles. The van der Waals surface area contributed by atoms with E-state index in [-0.39, 0.29) is 11.8 Å². The molecule has 0 fully saturated rings. The van der Waals surface area contributed by atoms with Gasteiger partial charge in [-0.2, -0.15) is 0 Å². The molecule has 1 heterocycles. The van der Waals surface area contributed by atoms with E-state index in [1.54, 1.807) is 0 Å². The van der Waals surface area contributed by atoms with Crippen LogP contribution in [0.5, 0.6) is 0 Å². The molecule has 25 heavy (non-hydrogen) atoms. The Labute approximate surface area is 149 Å². The highest BCUT2D eigenvalue weighted by Crippen LogP contribution is 2.16. The maximum Gasteiger partial charge on any atom is 0.244 e. The Morgan fingerprint density at radius 3 is 2.64 bits per heavy atom. The number of hydrogen-bond donors (Lipinski definition) is 3. The lowest BCUT2D eigenvalue weighted by Crippen LogP contribution is -3.12. The summed E-state index contributed by atoms with van der Waals surface area (Å²) in [5.41, 5.74) is 5.07. The van der Waals surface area contributed by atoms with E-state index in [2.05, 4.69) is 24.6 Å². The number of rotatable bonds is 9. The lowest BCUT2D eigenvalue weighted by atomic mass is 10.1. The molecule has 3 N–H and O–H groups in total. The van der Waals surface area contributed by atoms with Gasteiger partial charge in [0.1, 0.15) is 0 Å². The first-order valence-corrected chi connectivity index (χ1v) is 9.06. The first-order valence-electron chi connectivity index (χ1n) is 9.06. The van der Waals surface area contributed by atoms with Gasteiger partial charge in [0.25, 0.3) is 0 Å². The van der Waals surface area contributed by atoms with Crippen LogP contribution in [-0.2, 0) is 9.59 Å². The molecule has 136 valence electrons. The molecule has 0 aliphatic carbocycles. The average Bonchev–Trinajstić information content (AvgIpc) is 2.65. The van der Waals surface area contributed by atoms with Crippen LogP contribution >= 0.6 is 0 Å². The second-order valence-electron chi connectivity index (χ2n) is 6.15. The average molecular weight is 345 g/mol. The van der Waals surface area contributed by atoms with Crippen molar-refractivity contribution in [1.29, 1.82) is 0 Å². The van der Waals surface area contributed by atoms with Crippen molar-refractivity contribution >= 4 is 17.5 Å². The summed E-state index contributed by atoms with van der Waals surface area (Å²) in [7, 11) is 0. The number of amides is 2. The van der Waals surface area contributed by atoms with Crippen molar-refractivity contribution in [1.82, 2.24) is 15.8 Å². The lowest BCUT2D eigenvalue weighted by Gasteiger charge is -2.29. The SMILES string of the molecule is CC[NH+](CC)CCNC(=O)CCN1NC(c2ccccc2)=CCC1=O. The molecule has 0 atom stereocenters. The van der Waals surface area contributed by atoms with E-state index in [0.717, 1.165) is 30.9 Å². The van der Waals surface area contributed by atoms with Crippen LogP contribution in [0.25, 0.3) is 5.70 Å². The van der Waals surface area contributed by atoms with Gasteiger partial charge in [0.15, 0.2) is 0 Å². The molecule has 1 aromatic rings. The van der Waals surface area contributed by atoms with Crippen molar-refractivity contribution in [3.05, 3.63) is 42.0 Å². The smallest absolute Gasteiger partial charge is 0.244 e. The van der Waals surface area contributed by atoms with Crippen LogP contribution in [0.1, 0.15) is 32.3 Å². The molecule has 1 aliphatic heterocycles. The van der Waals surface area contributed by atoms with Gasteiger partial charge < -0.3 is 10.2 Å². The van der Waals surface area contributed by atoms with E-state index < -0.39 is 0 Å². The zero-order chi connectivity index (χ0) is 18.1. The van der Waals surface area contributed by atoms with E-state index in [0.29, 0.717) is 25.9 Å². The second-order valence-corrected chi connectivity index (χ2v) is 6.15. The maximum atomic E-state index is 12.0. The van der Waals surface area contributed by atoms with Crippen molar-refractivity contribution in [2.45, 2.75) is 26.7 Å². The molecule has 6 heteroatoms. The van der Waals surface area contributed by atoms with Gasteiger partial charge in [0.05, 0.1) is 38.4 Å². The van der Waals surface area contributed by atoms with Crippen LogP contribution in [0.4, 0.5) is 0 Å². The zero-order valence-corrected chi connectivity index (χ0v) is 15.2. The minimum atomic E-state index is -0.0167. The van der Waals surface area contributed by atoms with Crippen LogP contribution < -0.4 is 15.6 Å². The Kier molecular flexibility index (Phi) is 7.47. The number of nitrogens with one attached hydrogen (secondary N) is 3. The number of carbonyl (C=O) groups is 2. The molecule has 0 aromatic heterocycles. The summed E-state index contributed by atoms with van der Waals surface area (Å²) in [5, 5.41) is 4.48. The summed E-state index contributed by atoms with van der Waals surface area (Å²) in [6, 6.07) is 9.87. The summed E-state index contributed by atoms with van der Waals surface area (Å²) >= 11 is 0. The minimum absolute atomic E-state index is 0.0138. The topological polar surface area (TPSA) is 65.9 Å². The summed E-state index contributed by atoms with van der Waals surface area (Å²) in [4.78, 5) is 25.5. The number of nitrogens with zero attached hydrogens (tertiary/aromatic N) is 1. The Balaban J connectivity index is 1.77. The molecule has 2 rings (SSSR count). The fraction of sp³-hybridized carbons (Fsp3) is 0.474. The minimum Gasteiger partial charge on any atom is -0.350 e. The highest BCUT2D eigenvalue weighted by atomic mass is 16.2. The maximum absolute atomic E-state index is 12.0. The number of quaternary nitrogens is 1. The Bertz CT molecular complexity index is 597. The number of carbonyl (C=O) groups excluding carboxylic acids is 2. The van der Waals surface area contributed by atoms with Crippen molar-refractivity contribution in [3.63, 3.8) is 0 Å². The molecule has 0 saturated heterocycles. The van der Waals surface area contributed by atoms with Crippen LogP contribution in [0, 0.1) is 0 Å². The van der Waals surface area contributed by atoms with Crippen LogP contribution in [0.3, 0.4) is 0 Å². The van der Waals surface area contributed by atoms with Gasteiger partial charge in [0, 0.05) is 12.8 Å². The summed E-state index contributed by atoms with van der Waals surface area (Å²) < 4.78 is 0. The molecule has 0 unspecified atom stereocenters. The third-order valence-electron chi connectivity index (χ3n) is 4.49. The van der Waals surface area contributed by atoms with Crippen LogP contribution in [0.15, 0.2) is 36.4 Å². The van der Waals surface area contributed by atoms with Gasteiger partial charge in [0.2, 0.25) is 11.8 Å². The van der Waals surface area contributed by atoms with E-state index in [9.17, 15) is 9.59 Å². The standard InChI is InChI=1S/C19H28N4O2/c1-3-22(4-2)15-13-20-18(24)12-14-23-19(25)11-10-17(21-23)16-8-6-5-7-9-16/h5-10,21H,3-4,11-15H2,1-2H3,(H,20,24)/p+1. The van der Waals surface area contributed by atoms with Crippen molar-refractivity contribution in [3.8, 4) is 0 Å². The lowest BCUT2D eigenvalue weighted by molar-refractivity contribution is -0.895. The van der Waals surface area contributed by atoms with Gasteiger partial charge in [-0.25, -0.2) is 0 Å². The molecule has 2 amide bonds. The Morgan fingerprint density at radius 1 is 1.24 bits per heavy atom. The largest absolute Gasteiger partial charge is 0.350 e. The number of likely N-dealkylation sites (N-methyl/N-ethyl adjacent to an activating group) is 1. The quantitative estimate of drug-likeness (QED) is 0.599. The summed E-state index contributed by atoms with van der Waals surface area (Å²) in [6.07, 6.45) is 2.54. The molecule has 0 radical (unpaired) electrons. The van der Waals surface area contributed by atoms with Gasteiger partial charge in [-0.15, -0.1) is 0 Å². The summed E-state index contributed by atoms with van der Waals surface area (Å²) in [6.45, 7) is 8.39. The third kappa shape index (κ3) is 5.90. The van der Waals surface area contributed by atoms with Gasteiger partial charge in [-0.05, 0) is 25.5 Å². The second kappa shape index (κ2) is 9.84. The number of hydrazine groups is 1. The van der Waals surface area contributed by atoms with Crippen LogP contribution in [0.2, 0.25) is 0 Å². The van der Waals surface area contributed by atoms with Gasteiger partial charge in [-0.3, -0.25) is 20.0 Å². The van der Waals surface area contributed by atoms with Gasteiger partial charge in [-0.1, -0.05) is 30.3 Å². The molecule has 1 aliphatic rings. The third-order valence-corrected chi connectivity index (χ3v) is 4.49. The highest BCUT2D eigenvalue weighted by molar-refractivity contribution is 5.84. The molecule has 0 bridgehead atoms. The predicted octanol–water partition coefficient (Wildman–Crippen LogP) is 0.195. The van der Waals surface area contributed by atoms with Crippen molar-refractivity contribution in [2.75, 3.05) is 32.7 Å². The highest BCUT2D eigenvalue weighted by Gasteiger charge is 2.20. The van der Waals surface area contributed by atoms with Gasteiger partial charge >= 0.3 is 0 Å². The summed E-state index contributed by atoms with van der Waals surface area (Å²) in [5.74, 6) is -0.0305. The van der Waals surface area contributed by atoms with Crippen molar-refractivity contribution in [2.24, 2.45) is 0 Å². The molecule has 1 aromatic carbocycles. The van der Waals surface area contributed by atoms with Crippen LogP contribution in [-0.4, -0.2) is 49.5 Å². The number of hydrogen-bond acceptors (Lipinski definition) is 3. The first-order chi connectivity index (χ1) is 12.1. The zero-order valence-electron chi connectivity index (χ0n) is 15.2. The molecular formula is C19H29N4O2+. The van der Waals surface area contributed by atoms with E-state index in [1.165, 1.54) is 9.91 Å². The fourth-order valence-corrected chi connectivity index (χ4v) is 2.82. The molecular weight excluding hydrogens is 316 g/mol. The fourth-order valence-electron chi connectivity index (χ4n) is 2.82. The Morgan fingerprint density at radius 2 is 1.96 bits per heavy atom. The molecule has 6 nitrogen and oxygen atoms in total.